The fourth-order valence-corrected chi connectivity index (χ4v) is 6.03. The molecule has 292 valence electrons. The lowest BCUT2D eigenvalue weighted by atomic mass is 10.0. The van der Waals surface area contributed by atoms with Crippen LogP contribution in [0.1, 0.15) is 181 Å². The Labute approximate surface area is 303 Å². The highest BCUT2D eigenvalue weighted by Gasteiger charge is 2.17. The lowest BCUT2D eigenvalue weighted by Gasteiger charge is -2.26. The minimum atomic E-state index is -0.823. The van der Waals surface area contributed by atoms with Gasteiger partial charge in [0.1, 0.15) is 12.2 Å². The second-order valence-corrected chi connectivity index (χ2v) is 14.1. The van der Waals surface area contributed by atoms with E-state index in [2.05, 4.69) is 38.2 Å². The van der Waals surface area contributed by atoms with E-state index in [-0.39, 0.29) is 38.6 Å². The summed E-state index contributed by atoms with van der Waals surface area (Å²) in [5, 5.41) is 37.3. The third-order valence-electron chi connectivity index (χ3n) is 9.13. The summed E-state index contributed by atoms with van der Waals surface area (Å²) < 4.78 is 18.0. The summed E-state index contributed by atoms with van der Waals surface area (Å²) in [6.45, 7) is 5.40. The van der Waals surface area contributed by atoms with Gasteiger partial charge in [0.25, 0.3) is 0 Å². The molecule has 0 aromatic heterocycles. The van der Waals surface area contributed by atoms with Gasteiger partial charge >= 0.3 is 0 Å². The zero-order valence-corrected chi connectivity index (χ0v) is 32.3. The molecule has 0 saturated carbocycles. The summed E-state index contributed by atoms with van der Waals surface area (Å²) in [7, 11) is 0. The van der Waals surface area contributed by atoms with Gasteiger partial charge in [-0.15, -0.1) is 0 Å². The molecule has 0 aromatic rings. The van der Waals surface area contributed by atoms with Crippen LogP contribution in [-0.2, 0) is 14.2 Å². The first kappa shape index (κ1) is 48.2. The van der Waals surface area contributed by atoms with Gasteiger partial charge in [0.2, 0.25) is 0 Å². The van der Waals surface area contributed by atoms with E-state index < -0.39 is 12.2 Å². The first-order valence-corrected chi connectivity index (χ1v) is 20.8. The second-order valence-electron chi connectivity index (χ2n) is 14.1. The average molecular weight is 699 g/mol. The Morgan fingerprint density at radius 3 is 1.12 bits per heavy atom. The molecule has 7 heteroatoms. The van der Waals surface area contributed by atoms with Crippen molar-refractivity contribution in [3.63, 3.8) is 0 Å². The molecule has 0 aliphatic rings. The summed E-state index contributed by atoms with van der Waals surface area (Å²) in [6.07, 6.45) is 39.1. The Morgan fingerprint density at radius 2 is 0.755 bits per heavy atom. The van der Waals surface area contributed by atoms with Crippen LogP contribution < -0.4 is 0 Å². The van der Waals surface area contributed by atoms with Crippen LogP contribution in [0.25, 0.3) is 0 Å². The first-order valence-electron chi connectivity index (χ1n) is 20.8. The van der Waals surface area contributed by atoms with Crippen molar-refractivity contribution >= 4 is 0 Å². The third-order valence-corrected chi connectivity index (χ3v) is 9.13. The highest BCUT2D eigenvalue weighted by atomic mass is 16.5. The molecule has 0 aliphatic carbocycles. The molecule has 0 aromatic carbocycles. The Kier molecular flexibility index (Phi) is 39.3. The summed E-state index contributed by atoms with van der Waals surface area (Å²) in [5.41, 5.74) is 0. The van der Waals surface area contributed by atoms with Gasteiger partial charge in [-0.2, -0.15) is 0 Å². The van der Waals surface area contributed by atoms with Crippen molar-refractivity contribution in [3.8, 4) is 0 Å². The van der Waals surface area contributed by atoms with Gasteiger partial charge < -0.3 is 34.6 Å². The van der Waals surface area contributed by atoms with E-state index in [4.69, 9.17) is 24.4 Å². The van der Waals surface area contributed by atoms with Crippen LogP contribution in [0.2, 0.25) is 0 Å². The topological polar surface area (TPSA) is 109 Å². The number of aliphatic hydroxyl groups excluding tert-OH is 4. The molecule has 4 atom stereocenters. The zero-order chi connectivity index (χ0) is 35.9. The number of rotatable bonds is 40. The summed E-state index contributed by atoms with van der Waals surface area (Å²) in [6, 6.07) is 0. The number of hydrogen-bond acceptors (Lipinski definition) is 7. The molecule has 0 amide bonds. The van der Waals surface area contributed by atoms with Crippen molar-refractivity contribution in [2.75, 3.05) is 39.6 Å². The van der Waals surface area contributed by atoms with Gasteiger partial charge in [0, 0.05) is 13.2 Å². The van der Waals surface area contributed by atoms with Crippen LogP contribution in [0, 0.1) is 0 Å². The predicted octanol–water partition coefficient (Wildman–Crippen LogP) is 9.77. The number of aliphatic hydroxyl groups is 4. The Morgan fingerprint density at radius 1 is 0.429 bits per heavy atom. The van der Waals surface area contributed by atoms with Crippen molar-refractivity contribution in [1.82, 2.24) is 0 Å². The van der Waals surface area contributed by atoms with Crippen LogP contribution in [-0.4, -0.2) is 84.5 Å². The van der Waals surface area contributed by atoms with Gasteiger partial charge in [-0.1, -0.05) is 115 Å². The fourth-order valence-electron chi connectivity index (χ4n) is 6.03. The molecule has 0 heterocycles. The fraction of sp³-hybridized carbons (Fsp3) is 0.905. The predicted molar refractivity (Wildman–Crippen MR) is 206 cm³/mol. The molecule has 0 saturated heterocycles. The normalized spacial score (nSPS) is 14.7. The van der Waals surface area contributed by atoms with E-state index in [1.54, 1.807) is 0 Å². The molecule has 0 radical (unpaired) electrons. The van der Waals surface area contributed by atoms with Crippen molar-refractivity contribution in [3.05, 3.63) is 24.3 Å². The first-order chi connectivity index (χ1) is 24.1. The summed E-state index contributed by atoms with van der Waals surface area (Å²) >= 11 is 0. The maximum Gasteiger partial charge on any atom is 0.100 e. The molecular weight excluding hydrogens is 616 g/mol. The van der Waals surface area contributed by atoms with Gasteiger partial charge in [-0.25, -0.2) is 0 Å². The molecule has 0 rings (SSSR count). The quantitative estimate of drug-likeness (QED) is 0.0373. The minimum Gasteiger partial charge on any atom is -0.394 e. The van der Waals surface area contributed by atoms with E-state index >= 15 is 0 Å². The van der Waals surface area contributed by atoms with E-state index in [0.29, 0.717) is 13.2 Å². The maximum atomic E-state index is 9.59. The Balaban J connectivity index is 4.80. The number of hydrogen-bond donors (Lipinski definition) is 4. The third kappa shape index (κ3) is 36.8. The number of ether oxygens (including phenoxy) is 3. The number of unbranched alkanes of at least 4 members (excludes halogenated alkanes) is 16. The average Bonchev–Trinajstić information content (AvgIpc) is 3.11. The van der Waals surface area contributed by atoms with Crippen LogP contribution in [0.4, 0.5) is 0 Å². The second kappa shape index (κ2) is 40.0. The largest absolute Gasteiger partial charge is 0.394 e. The van der Waals surface area contributed by atoms with Gasteiger partial charge in [0.15, 0.2) is 0 Å². The smallest absolute Gasteiger partial charge is 0.100 e. The lowest BCUT2D eigenvalue weighted by Crippen LogP contribution is -2.24. The minimum absolute atomic E-state index is 0.161. The van der Waals surface area contributed by atoms with Gasteiger partial charge in [0.05, 0.1) is 38.6 Å². The monoisotopic (exact) mass is 699 g/mol. The molecule has 0 aliphatic heterocycles. The molecule has 4 unspecified atom stereocenters. The molecule has 0 bridgehead atoms. The Hall–Kier alpha value is -0.800. The maximum absolute atomic E-state index is 9.59. The van der Waals surface area contributed by atoms with Gasteiger partial charge in [-0.3, -0.25) is 0 Å². The van der Waals surface area contributed by atoms with Gasteiger partial charge in [-0.05, 0) is 89.9 Å². The highest BCUT2D eigenvalue weighted by molar-refractivity contribution is 4.82. The van der Waals surface area contributed by atoms with Crippen molar-refractivity contribution in [2.24, 2.45) is 0 Å². The molecule has 7 nitrogen and oxygen atoms in total. The standard InChI is InChI=1S/C42H82O7/c1-3-5-7-9-11-13-15-17-19-21-23-25-29-41(31-27-33-47-37-39(45)35-43)49-42(32-28-34-48-38-40(46)36-44)30-26-24-22-20-18-16-14-12-10-8-6-4-2/h17-20,39-46H,3-16,21-38H2,1-2H3/b19-17-,20-18-. The molecule has 4 N–H and O–H groups in total. The molecular formula is C42H82O7. The van der Waals surface area contributed by atoms with Crippen LogP contribution >= 0.6 is 0 Å². The zero-order valence-electron chi connectivity index (χ0n) is 32.3. The Bertz CT molecular complexity index is 630. The highest BCUT2D eigenvalue weighted by Crippen LogP contribution is 2.21. The summed E-state index contributed by atoms with van der Waals surface area (Å²) in [4.78, 5) is 0. The van der Waals surface area contributed by atoms with E-state index in [1.807, 2.05) is 0 Å². The van der Waals surface area contributed by atoms with E-state index in [9.17, 15) is 10.2 Å². The van der Waals surface area contributed by atoms with Crippen molar-refractivity contribution < 1.29 is 34.6 Å². The van der Waals surface area contributed by atoms with Crippen LogP contribution in [0.15, 0.2) is 24.3 Å². The molecule has 49 heavy (non-hydrogen) atoms. The van der Waals surface area contributed by atoms with E-state index in [1.165, 1.54) is 103 Å². The van der Waals surface area contributed by atoms with E-state index in [0.717, 1.165) is 64.2 Å². The lowest BCUT2D eigenvalue weighted by molar-refractivity contribution is -0.0431. The van der Waals surface area contributed by atoms with Crippen LogP contribution in [0.3, 0.4) is 0 Å². The molecule has 0 spiro atoms. The summed E-state index contributed by atoms with van der Waals surface area (Å²) in [5.74, 6) is 0. The van der Waals surface area contributed by atoms with Crippen LogP contribution in [0.5, 0.6) is 0 Å². The SMILES string of the molecule is CCCCCCCC/C=C\CCCCC(CCCOCC(O)CO)OC(CCCC/C=C\CCCCCCCC)CCCOCC(O)CO. The van der Waals surface area contributed by atoms with Crippen molar-refractivity contribution in [2.45, 2.75) is 205 Å². The number of allylic oxidation sites excluding steroid dienone is 4. The molecule has 0 fully saturated rings. The van der Waals surface area contributed by atoms with Crippen molar-refractivity contribution in [1.29, 1.82) is 0 Å².